The number of allylic oxidation sites excluding steroid dienone is 1. The van der Waals surface area contributed by atoms with E-state index in [0.717, 1.165) is 26.1 Å². The van der Waals surface area contributed by atoms with Crippen molar-refractivity contribution in [2.75, 3.05) is 6.54 Å². The maximum atomic E-state index is 4.63. The summed E-state index contributed by atoms with van der Waals surface area (Å²) in [6.45, 7) is 4.63. The fraction of sp³-hybridized carbons (Fsp3) is 0.0667. The van der Waals surface area contributed by atoms with Crippen molar-refractivity contribution >= 4 is 29.9 Å². The monoisotopic (exact) mass is 265 g/mol. The number of hydrogen-bond donors (Lipinski definition) is 0. The van der Waals surface area contributed by atoms with Gasteiger partial charge in [-0.05, 0) is 12.1 Å². The number of hydrogen-bond acceptors (Lipinski definition) is 4. The maximum Gasteiger partial charge on any atom is 0.117 e. The van der Waals surface area contributed by atoms with Crippen LogP contribution in [0, 0.1) is 0 Å². The third-order valence-corrected chi connectivity index (χ3v) is 3.63. The van der Waals surface area contributed by atoms with Gasteiger partial charge in [-0.25, -0.2) is 0 Å². The van der Waals surface area contributed by atoms with E-state index in [1.165, 1.54) is 11.8 Å². The molecule has 92 valence electrons. The van der Waals surface area contributed by atoms with Gasteiger partial charge in [-0.15, -0.1) is 0 Å². The number of fused-ring (bicyclic) bond motifs is 1. The maximum absolute atomic E-state index is 4.63. The summed E-state index contributed by atoms with van der Waals surface area (Å²) in [5.74, 6) is 2.78. The molecule has 0 aromatic heterocycles. The molecule has 0 bridgehead atoms. The molecule has 0 saturated heterocycles. The number of benzene rings is 1. The average molecular weight is 265 g/mol. The third kappa shape index (κ3) is 2.65. The van der Waals surface area contributed by atoms with Crippen LogP contribution in [0.15, 0.2) is 67.5 Å². The van der Waals surface area contributed by atoms with E-state index in [-0.39, 0.29) is 0 Å². The molecule has 1 aromatic carbocycles. The van der Waals surface area contributed by atoms with Crippen LogP contribution in [0.4, 0.5) is 0 Å². The van der Waals surface area contributed by atoms with Crippen molar-refractivity contribution in [3.05, 3.63) is 63.1 Å². The minimum atomic E-state index is 0.559. The van der Waals surface area contributed by atoms with Crippen LogP contribution in [-0.4, -0.2) is 18.6 Å². The quantitative estimate of drug-likeness (QED) is 0.705. The summed E-state index contributed by atoms with van der Waals surface area (Å²) >= 11 is 1.52. The zero-order valence-corrected chi connectivity index (χ0v) is 11.0. The molecule has 0 aliphatic carbocycles. The van der Waals surface area contributed by atoms with E-state index in [2.05, 4.69) is 27.4 Å². The first kappa shape index (κ1) is 11.9. The third-order valence-electron chi connectivity index (χ3n) is 2.70. The zero-order chi connectivity index (χ0) is 13.1. The van der Waals surface area contributed by atoms with Gasteiger partial charge in [-0.1, -0.05) is 36.5 Å². The second-order valence-electron chi connectivity index (χ2n) is 4.07. The summed E-state index contributed by atoms with van der Waals surface area (Å²) in [7, 11) is 0. The number of thioether (sulfide) groups is 1. The Balaban J connectivity index is 2.18. The minimum absolute atomic E-state index is 0.559. The Morgan fingerprint density at radius 3 is 3.11 bits per heavy atom. The molecule has 2 aliphatic rings. The van der Waals surface area contributed by atoms with Crippen molar-refractivity contribution in [1.29, 1.82) is 0 Å². The molecule has 0 fully saturated rings. The molecule has 2 aliphatic heterocycles. The van der Waals surface area contributed by atoms with E-state index in [9.17, 15) is 0 Å². The van der Waals surface area contributed by atoms with Crippen LogP contribution in [0.1, 0.15) is 0 Å². The van der Waals surface area contributed by atoms with Gasteiger partial charge in [0.05, 0.1) is 18.1 Å². The summed E-state index contributed by atoms with van der Waals surface area (Å²) in [4.78, 5) is 13.9. The van der Waals surface area contributed by atoms with E-state index in [1.54, 1.807) is 12.4 Å². The van der Waals surface area contributed by atoms with Gasteiger partial charge in [0.25, 0.3) is 0 Å². The van der Waals surface area contributed by atoms with E-state index < -0.39 is 0 Å². The van der Waals surface area contributed by atoms with Crippen LogP contribution in [0.5, 0.6) is 0 Å². The predicted octanol–water partition coefficient (Wildman–Crippen LogP) is 1.83. The van der Waals surface area contributed by atoms with Crippen LogP contribution >= 0.6 is 11.8 Å². The summed E-state index contributed by atoms with van der Waals surface area (Å²) in [5.41, 5.74) is 0.984. The summed E-state index contributed by atoms with van der Waals surface area (Å²) < 4.78 is 0. The molecule has 1 aromatic rings. The Bertz CT molecular complexity index is 778. The number of aliphatic imine (C=N–C) groups is 2. The second-order valence-corrected chi connectivity index (χ2v) is 5.18. The van der Waals surface area contributed by atoms with Crippen LogP contribution in [0.25, 0.3) is 6.08 Å². The first-order valence-corrected chi connectivity index (χ1v) is 6.67. The smallest absolute Gasteiger partial charge is 0.117 e. The Morgan fingerprint density at radius 1 is 1.26 bits per heavy atom. The highest BCUT2D eigenvalue weighted by atomic mass is 32.2. The largest absolute Gasteiger partial charge is 0.280 e. The number of para-hydroxylation sites is 1. The fourth-order valence-electron chi connectivity index (χ4n) is 1.82. The molecule has 3 rings (SSSR count). The van der Waals surface area contributed by atoms with Crippen molar-refractivity contribution in [3.63, 3.8) is 0 Å². The Morgan fingerprint density at radius 2 is 2.16 bits per heavy atom. The average Bonchev–Trinajstić information content (AvgIpc) is 2.59. The number of rotatable bonds is 0. The van der Waals surface area contributed by atoms with Gasteiger partial charge in [0.2, 0.25) is 0 Å². The van der Waals surface area contributed by atoms with Crippen molar-refractivity contribution in [2.45, 2.75) is 0 Å². The van der Waals surface area contributed by atoms with E-state index in [0.29, 0.717) is 6.54 Å². The normalized spacial score (nSPS) is 20.9. The molecule has 0 spiro atoms. The molecular weight excluding hydrogens is 254 g/mol. The lowest BCUT2D eigenvalue weighted by atomic mass is 10.2. The molecular formula is C15H11N3S. The number of nitrogens with zero attached hydrogens (tertiary/aromatic N) is 3. The molecule has 0 unspecified atom stereocenters. The topological polar surface area (TPSA) is 37.1 Å². The van der Waals surface area contributed by atoms with Gasteiger partial charge < -0.3 is 0 Å². The van der Waals surface area contributed by atoms with Gasteiger partial charge in [0.1, 0.15) is 5.03 Å². The molecule has 0 amide bonds. The summed E-state index contributed by atoms with van der Waals surface area (Å²) in [5, 5.41) is 2.90. The first-order chi connectivity index (χ1) is 9.33. The Hall–Kier alpha value is -2.16. The highest BCUT2D eigenvalue weighted by Crippen LogP contribution is 2.29. The highest BCUT2D eigenvalue weighted by molar-refractivity contribution is 8.07. The molecule has 0 radical (unpaired) electrons. The predicted molar refractivity (Wildman–Crippen MR) is 80.8 cm³/mol. The van der Waals surface area contributed by atoms with Crippen LogP contribution in [-0.2, 0) is 0 Å². The fourth-order valence-corrected chi connectivity index (χ4v) is 2.60. The van der Waals surface area contributed by atoms with Gasteiger partial charge in [0, 0.05) is 27.8 Å². The minimum Gasteiger partial charge on any atom is -0.280 e. The standard InChI is InChI=1S/C15H11N3S/c1-11-8-12-4-2-3-5-14(12)18-10-13-9-16-6-7-17-15(13)19-11/h2-6,8-9H,1,10H2/b12-8-,18-14-. The SMILES string of the molecule is C=C1/C=c2/cccc/c2=N/CC2=C(N=C=CN=C2)S1. The molecule has 3 nitrogen and oxygen atoms in total. The Kier molecular flexibility index (Phi) is 3.27. The molecule has 0 N–H and O–H groups in total. The van der Waals surface area contributed by atoms with Crippen molar-refractivity contribution in [2.24, 2.45) is 15.0 Å². The lowest BCUT2D eigenvalue weighted by Crippen LogP contribution is -2.24. The van der Waals surface area contributed by atoms with Crippen molar-refractivity contribution in [1.82, 2.24) is 0 Å². The van der Waals surface area contributed by atoms with E-state index >= 15 is 0 Å². The first-order valence-electron chi connectivity index (χ1n) is 5.85. The van der Waals surface area contributed by atoms with E-state index in [4.69, 9.17) is 0 Å². The molecule has 0 atom stereocenters. The summed E-state index contributed by atoms with van der Waals surface area (Å²) in [6, 6.07) is 8.03. The zero-order valence-electron chi connectivity index (χ0n) is 10.2. The van der Waals surface area contributed by atoms with E-state index in [1.807, 2.05) is 30.3 Å². The van der Waals surface area contributed by atoms with Crippen molar-refractivity contribution < 1.29 is 0 Å². The van der Waals surface area contributed by atoms with Gasteiger partial charge in [0.15, 0.2) is 0 Å². The van der Waals surface area contributed by atoms with Gasteiger partial charge in [-0.2, -0.15) is 4.99 Å². The van der Waals surface area contributed by atoms with Gasteiger partial charge >= 0.3 is 0 Å². The second kappa shape index (κ2) is 5.22. The molecule has 19 heavy (non-hydrogen) atoms. The Labute approximate surface area is 115 Å². The molecule has 0 saturated carbocycles. The molecule has 4 heteroatoms. The lowest BCUT2D eigenvalue weighted by molar-refractivity contribution is 1.10. The molecule has 2 heterocycles. The van der Waals surface area contributed by atoms with Crippen molar-refractivity contribution in [3.8, 4) is 0 Å². The lowest BCUT2D eigenvalue weighted by Gasteiger charge is -2.02. The summed E-state index contributed by atoms with van der Waals surface area (Å²) in [6.07, 6.45) is 5.37. The van der Waals surface area contributed by atoms with Crippen LogP contribution in [0.2, 0.25) is 0 Å². The van der Waals surface area contributed by atoms with Crippen LogP contribution in [0.3, 0.4) is 0 Å². The van der Waals surface area contributed by atoms with Gasteiger partial charge in [-0.3, -0.25) is 9.98 Å². The highest BCUT2D eigenvalue weighted by Gasteiger charge is 2.08. The van der Waals surface area contributed by atoms with Crippen LogP contribution < -0.4 is 10.6 Å².